The normalized spacial score (nSPS) is 18.0. The van der Waals surface area contributed by atoms with Gasteiger partial charge in [0.25, 0.3) is 5.24 Å². The van der Waals surface area contributed by atoms with Gasteiger partial charge in [-0.1, -0.05) is 24.4 Å². The van der Waals surface area contributed by atoms with Crippen molar-refractivity contribution < 1.29 is 9.59 Å². The van der Waals surface area contributed by atoms with Gasteiger partial charge in [0, 0.05) is 11.3 Å². The SMILES string of the molecule is C=C1C=CC(c2ccc(N3C(=O)CSC3=O)c(C)c2)=NN1. The lowest BCUT2D eigenvalue weighted by atomic mass is 10.0. The molecular weight excluding hydrogens is 286 g/mol. The van der Waals surface area contributed by atoms with E-state index in [1.807, 2.05) is 31.2 Å². The van der Waals surface area contributed by atoms with Crippen LogP contribution in [0.4, 0.5) is 10.5 Å². The number of rotatable bonds is 2. The molecule has 1 fully saturated rings. The summed E-state index contributed by atoms with van der Waals surface area (Å²) in [6.07, 6.45) is 3.71. The van der Waals surface area contributed by atoms with Crippen molar-refractivity contribution in [3.8, 4) is 0 Å². The van der Waals surface area contributed by atoms with Crippen LogP contribution in [0.5, 0.6) is 0 Å². The van der Waals surface area contributed by atoms with Crippen molar-refractivity contribution in [3.63, 3.8) is 0 Å². The Balaban J connectivity index is 1.94. The van der Waals surface area contributed by atoms with Gasteiger partial charge >= 0.3 is 0 Å². The van der Waals surface area contributed by atoms with Gasteiger partial charge in [0.1, 0.15) is 0 Å². The van der Waals surface area contributed by atoms with E-state index in [2.05, 4.69) is 17.1 Å². The number of hydrazone groups is 1. The van der Waals surface area contributed by atoms with E-state index in [9.17, 15) is 9.59 Å². The molecule has 1 aromatic carbocycles. The Labute approximate surface area is 126 Å². The van der Waals surface area contributed by atoms with Crippen LogP contribution in [0.15, 0.2) is 47.7 Å². The van der Waals surface area contributed by atoms with Crippen LogP contribution in [0.2, 0.25) is 0 Å². The van der Waals surface area contributed by atoms with Crippen molar-refractivity contribution in [3.05, 3.63) is 53.8 Å². The molecule has 0 aromatic heterocycles. The largest absolute Gasteiger partial charge is 0.293 e. The summed E-state index contributed by atoms with van der Waals surface area (Å²) in [6.45, 7) is 5.63. The van der Waals surface area contributed by atoms with E-state index in [1.165, 1.54) is 4.90 Å². The van der Waals surface area contributed by atoms with Crippen LogP contribution in [-0.4, -0.2) is 22.6 Å². The zero-order valence-electron chi connectivity index (χ0n) is 11.4. The number of hydrogen-bond acceptors (Lipinski definition) is 5. The average molecular weight is 299 g/mol. The summed E-state index contributed by atoms with van der Waals surface area (Å²) < 4.78 is 0. The summed E-state index contributed by atoms with van der Waals surface area (Å²) in [5.41, 5.74) is 6.75. The molecule has 1 N–H and O–H groups in total. The first kappa shape index (κ1) is 13.6. The highest BCUT2D eigenvalue weighted by atomic mass is 32.2. The molecule has 0 unspecified atom stereocenters. The number of anilines is 1. The molecule has 1 saturated heterocycles. The minimum absolute atomic E-state index is 0.172. The smallest absolute Gasteiger partial charge is 0.279 e. The minimum Gasteiger partial charge on any atom is -0.279 e. The van der Waals surface area contributed by atoms with E-state index >= 15 is 0 Å². The summed E-state index contributed by atoms with van der Waals surface area (Å²) in [4.78, 5) is 24.8. The molecular formula is C15H13N3O2S. The van der Waals surface area contributed by atoms with Crippen molar-refractivity contribution in [1.82, 2.24) is 5.43 Å². The Hall–Kier alpha value is -2.34. The minimum atomic E-state index is -0.219. The molecule has 2 amide bonds. The number of nitrogens with zero attached hydrogens (tertiary/aromatic N) is 2. The molecule has 0 radical (unpaired) electrons. The molecule has 1 aromatic rings. The summed E-state index contributed by atoms with van der Waals surface area (Å²) in [7, 11) is 0. The number of benzene rings is 1. The van der Waals surface area contributed by atoms with Gasteiger partial charge in [-0.15, -0.1) is 0 Å². The molecule has 3 rings (SSSR count). The second-order valence-corrected chi connectivity index (χ2v) is 5.68. The van der Waals surface area contributed by atoms with Gasteiger partial charge in [0.15, 0.2) is 0 Å². The third-order valence-electron chi connectivity index (χ3n) is 3.25. The number of thioether (sulfide) groups is 1. The highest BCUT2D eigenvalue weighted by molar-refractivity contribution is 8.15. The summed E-state index contributed by atoms with van der Waals surface area (Å²) in [5, 5.41) is 3.99. The van der Waals surface area contributed by atoms with Crippen LogP contribution in [-0.2, 0) is 4.79 Å². The van der Waals surface area contributed by atoms with Gasteiger partial charge in [-0.3, -0.25) is 15.0 Å². The van der Waals surface area contributed by atoms with Gasteiger partial charge in [-0.25, -0.2) is 4.90 Å². The first-order valence-corrected chi connectivity index (χ1v) is 7.36. The number of hydrogen-bond donors (Lipinski definition) is 1. The van der Waals surface area contributed by atoms with Crippen LogP contribution < -0.4 is 10.3 Å². The standard InChI is InChI=1S/C15H13N3O2S/c1-9-7-11(12-5-3-10(2)16-17-12)4-6-13(9)18-14(19)8-21-15(18)20/h3-7,16H,2,8H2,1H3. The predicted molar refractivity (Wildman–Crippen MR) is 84.5 cm³/mol. The van der Waals surface area contributed by atoms with Gasteiger partial charge in [-0.05, 0) is 36.8 Å². The van der Waals surface area contributed by atoms with Crippen molar-refractivity contribution in [1.29, 1.82) is 0 Å². The molecule has 5 nitrogen and oxygen atoms in total. The van der Waals surface area contributed by atoms with E-state index in [1.54, 1.807) is 6.07 Å². The maximum Gasteiger partial charge on any atom is 0.293 e. The van der Waals surface area contributed by atoms with E-state index in [0.29, 0.717) is 5.69 Å². The molecule has 0 saturated carbocycles. The monoisotopic (exact) mass is 299 g/mol. The van der Waals surface area contributed by atoms with Gasteiger partial charge in [-0.2, -0.15) is 5.10 Å². The Bertz CT molecular complexity index is 706. The molecule has 0 bridgehead atoms. The molecule has 2 aliphatic rings. The number of imide groups is 1. The van der Waals surface area contributed by atoms with Crippen LogP contribution in [0, 0.1) is 6.92 Å². The van der Waals surface area contributed by atoms with Crippen LogP contribution >= 0.6 is 11.8 Å². The van der Waals surface area contributed by atoms with Crippen molar-refractivity contribution in [2.45, 2.75) is 6.92 Å². The Kier molecular flexibility index (Phi) is 3.39. The lowest BCUT2D eigenvalue weighted by molar-refractivity contribution is -0.115. The zero-order valence-corrected chi connectivity index (χ0v) is 12.2. The highest BCUT2D eigenvalue weighted by Crippen LogP contribution is 2.29. The number of carbonyl (C=O) groups is 2. The number of carbonyl (C=O) groups excluding carboxylic acids is 2. The lowest BCUT2D eigenvalue weighted by Gasteiger charge is -2.17. The fraction of sp³-hybridized carbons (Fsp3) is 0.133. The summed E-state index contributed by atoms with van der Waals surface area (Å²) in [5.74, 6) is 0.0373. The Morgan fingerprint density at radius 3 is 2.71 bits per heavy atom. The van der Waals surface area contributed by atoms with E-state index in [0.717, 1.165) is 34.3 Å². The average Bonchev–Trinajstić information content (AvgIpc) is 2.79. The number of aryl methyl sites for hydroxylation is 1. The summed E-state index contributed by atoms with van der Waals surface area (Å²) >= 11 is 1.03. The van der Waals surface area contributed by atoms with E-state index < -0.39 is 0 Å². The maximum atomic E-state index is 11.8. The molecule has 0 aliphatic carbocycles. The topological polar surface area (TPSA) is 61.8 Å². The Morgan fingerprint density at radius 1 is 1.33 bits per heavy atom. The van der Waals surface area contributed by atoms with Gasteiger partial charge in [0.2, 0.25) is 5.91 Å². The fourth-order valence-corrected chi connectivity index (χ4v) is 2.90. The highest BCUT2D eigenvalue weighted by Gasteiger charge is 2.32. The first-order valence-electron chi connectivity index (χ1n) is 6.37. The third-order valence-corrected chi connectivity index (χ3v) is 4.07. The van der Waals surface area contributed by atoms with E-state index in [-0.39, 0.29) is 16.9 Å². The predicted octanol–water partition coefficient (Wildman–Crippen LogP) is 2.57. The van der Waals surface area contributed by atoms with Crippen LogP contribution in [0.3, 0.4) is 0 Å². The first-order chi connectivity index (χ1) is 10.1. The number of nitrogens with one attached hydrogen (secondary N) is 1. The third kappa shape index (κ3) is 2.50. The maximum absolute atomic E-state index is 11.8. The molecule has 6 heteroatoms. The molecule has 2 aliphatic heterocycles. The van der Waals surface area contributed by atoms with Crippen LogP contribution in [0.1, 0.15) is 11.1 Å². The number of amides is 2. The van der Waals surface area contributed by atoms with Crippen molar-refractivity contribution in [2.24, 2.45) is 5.10 Å². The summed E-state index contributed by atoms with van der Waals surface area (Å²) in [6, 6.07) is 5.55. The second-order valence-electron chi connectivity index (χ2n) is 4.75. The molecule has 0 atom stereocenters. The zero-order chi connectivity index (χ0) is 15.0. The van der Waals surface area contributed by atoms with Gasteiger partial charge < -0.3 is 0 Å². The van der Waals surface area contributed by atoms with Gasteiger partial charge in [0.05, 0.1) is 17.2 Å². The van der Waals surface area contributed by atoms with Crippen molar-refractivity contribution in [2.75, 3.05) is 10.7 Å². The molecule has 21 heavy (non-hydrogen) atoms. The van der Waals surface area contributed by atoms with E-state index in [4.69, 9.17) is 0 Å². The van der Waals surface area contributed by atoms with Crippen molar-refractivity contribution >= 4 is 34.3 Å². The second kappa shape index (κ2) is 5.21. The molecule has 0 spiro atoms. The Morgan fingerprint density at radius 2 is 2.14 bits per heavy atom. The fourth-order valence-electron chi connectivity index (χ4n) is 2.20. The lowest BCUT2D eigenvalue weighted by Crippen LogP contribution is -2.28. The van der Waals surface area contributed by atoms with Crippen LogP contribution in [0.25, 0.3) is 0 Å². The molecule has 2 heterocycles. The number of allylic oxidation sites excluding steroid dienone is 2. The molecule has 106 valence electrons. The quantitative estimate of drug-likeness (QED) is 0.911.